The molecule has 3 aromatic rings. The maximum absolute atomic E-state index is 13.3. The molecule has 2 aromatic carbocycles. The molecule has 9 nitrogen and oxygen atoms in total. The lowest BCUT2D eigenvalue weighted by Crippen LogP contribution is -2.48. The number of aliphatic carboxylic acids is 1. The van der Waals surface area contributed by atoms with Crippen molar-refractivity contribution in [2.45, 2.75) is 25.1 Å². The van der Waals surface area contributed by atoms with Gasteiger partial charge in [0.1, 0.15) is 11.5 Å². The largest absolute Gasteiger partial charge is 0.479 e. The zero-order chi connectivity index (χ0) is 25.7. The number of carboxylic acids is 1. The molecule has 184 valence electrons. The predicted octanol–water partition coefficient (Wildman–Crippen LogP) is 2.21. The number of carboxylic acid groups (broad SMARTS) is 1. The summed E-state index contributed by atoms with van der Waals surface area (Å²) in [5.74, 6) is -3.14. The molecule has 3 rings (SSSR count). The summed E-state index contributed by atoms with van der Waals surface area (Å²) < 4.78 is 14.6. The summed E-state index contributed by atoms with van der Waals surface area (Å²) >= 11 is 6.16. The van der Waals surface area contributed by atoms with Gasteiger partial charge in [0.05, 0.1) is 12.6 Å². The third-order valence-corrected chi connectivity index (χ3v) is 5.60. The first kappa shape index (κ1) is 25.9. The first-order valence-electron chi connectivity index (χ1n) is 10.6. The van der Waals surface area contributed by atoms with Gasteiger partial charge in [0.25, 0.3) is 11.8 Å². The average molecular weight is 503 g/mol. The van der Waals surface area contributed by atoms with Crippen LogP contribution in [0.1, 0.15) is 32.1 Å². The third-order valence-electron chi connectivity index (χ3n) is 5.23. The molecular weight excluding hydrogens is 479 g/mol. The number of amides is 2. The molecule has 0 aliphatic rings. The molecule has 0 bridgehead atoms. The normalized spacial score (nSPS) is 12.6. The van der Waals surface area contributed by atoms with Gasteiger partial charge in [-0.25, -0.2) is 9.18 Å². The number of hydrogen-bond acceptors (Lipinski definition) is 5. The second-order valence-corrected chi connectivity index (χ2v) is 8.46. The number of carbonyl (C=O) groups excluding carboxylic acids is 2. The Morgan fingerprint density at radius 3 is 2.40 bits per heavy atom. The van der Waals surface area contributed by atoms with Crippen LogP contribution in [-0.2, 0) is 17.8 Å². The number of hydrogen-bond donors (Lipinski definition) is 3. The topological polar surface area (TPSA) is 125 Å². The minimum absolute atomic E-state index is 0.0569. The fourth-order valence-corrected chi connectivity index (χ4v) is 3.58. The molecule has 0 saturated heterocycles. The Hall–Kier alpha value is -3.76. The Morgan fingerprint density at radius 1 is 1.14 bits per heavy atom. The van der Waals surface area contributed by atoms with E-state index in [1.165, 1.54) is 39.9 Å². The van der Waals surface area contributed by atoms with Gasteiger partial charge in [-0.3, -0.25) is 14.3 Å². The molecule has 0 spiro atoms. The van der Waals surface area contributed by atoms with Crippen LogP contribution in [0.3, 0.4) is 0 Å². The van der Waals surface area contributed by atoms with Crippen LogP contribution in [-0.4, -0.2) is 68.9 Å². The van der Waals surface area contributed by atoms with Crippen LogP contribution in [0.25, 0.3) is 0 Å². The van der Waals surface area contributed by atoms with Crippen LogP contribution in [0, 0.1) is 5.82 Å². The molecule has 0 aliphatic heterocycles. The molecule has 0 aliphatic carbocycles. The highest BCUT2D eigenvalue weighted by atomic mass is 35.5. The minimum Gasteiger partial charge on any atom is -0.479 e. The highest BCUT2D eigenvalue weighted by Gasteiger charge is 2.30. The first-order valence-corrected chi connectivity index (χ1v) is 10.9. The summed E-state index contributed by atoms with van der Waals surface area (Å²) in [6.07, 6.45) is -1.97. The molecule has 11 heteroatoms. The summed E-state index contributed by atoms with van der Waals surface area (Å²) in [7, 11) is 3.08. The van der Waals surface area contributed by atoms with E-state index in [9.17, 15) is 29.0 Å². The molecule has 0 radical (unpaired) electrons. The van der Waals surface area contributed by atoms with Crippen molar-refractivity contribution in [3.8, 4) is 0 Å². The van der Waals surface area contributed by atoms with Crippen LogP contribution in [0.15, 0.2) is 54.6 Å². The molecule has 2 atom stereocenters. The smallest absolute Gasteiger partial charge is 0.334 e. The van der Waals surface area contributed by atoms with Crippen LogP contribution in [0.4, 0.5) is 4.39 Å². The van der Waals surface area contributed by atoms with Gasteiger partial charge in [-0.15, -0.1) is 0 Å². The zero-order valence-corrected chi connectivity index (χ0v) is 19.7. The van der Waals surface area contributed by atoms with Gasteiger partial charge in [0, 0.05) is 25.2 Å². The molecule has 2 amide bonds. The lowest BCUT2D eigenvalue weighted by Gasteiger charge is -2.21. The van der Waals surface area contributed by atoms with Crippen molar-refractivity contribution in [1.82, 2.24) is 20.0 Å². The Morgan fingerprint density at radius 2 is 1.80 bits per heavy atom. The number of benzene rings is 2. The van der Waals surface area contributed by atoms with E-state index < -0.39 is 35.7 Å². The SMILES string of the molecule is CN(C)C(=O)c1cc(C(=O)N[C@H](Cc2ccccc2Cl)[C@@H](O)C(=O)O)nn1Cc1ccc(F)cc1. The van der Waals surface area contributed by atoms with E-state index in [4.69, 9.17) is 11.6 Å². The fraction of sp³-hybridized carbons (Fsp3) is 0.250. The molecule has 3 N–H and O–H groups in total. The minimum atomic E-state index is -1.92. The molecule has 1 aromatic heterocycles. The number of carbonyl (C=O) groups is 3. The van der Waals surface area contributed by atoms with E-state index in [1.54, 1.807) is 38.4 Å². The molecule has 0 saturated carbocycles. The summed E-state index contributed by atoms with van der Waals surface area (Å²) in [6.45, 7) is 0.0866. The number of nitrogens with zero attached hydrogens (tertiary/aromatic N) is 3. The van der Waals surface area contributed by atoms with Crippen molar-refractivity contribution < 1.29 is 29.0 Å². The number of aromatic nitrogens is 2. The van der Waals surface area contributed by atoms with E-state index in [0.29, 0.717) is 16.1 Å². The second kappa shape index (κ2) is 11.1. The van der Waals surface area contributed by atoms with E-state index >= 15 is 0 Å². The summed E-state index contributed by atoms with van der Waals surface area (Å²) in [5.41, 5.74) is 1.13. The van der Waals surface area contributed by atoms with Crippen LogP contribution < -0.4 is 5.32 Å². The van der Waals surface area contributed by atoms with E-state index in [1.807, 2.05) is 0 Å². The highest BCUT2D eigenvalue weighted by Crippen LogP contribution is 2.18. The third kappa shape index (κ3) is 6.43. The summed E-state index contributed by atoms with van der Waals surface area (Å²) in [4.78, 5) is 38.5. The number of aliphatic hydroxyl groups is 1. The average Bonchev–Trinajstić information content (AvgIpc) is 3.24. The maximum atomic E-state index is 13.3. The van der Waals surface area contributed by atoms with E-state index in [0.717, 1.165) is 0 Å². The highest BCUT2D eigenvalue weighted by molar-refractivity contribution is 6.31. The monoisotopic (exact) mass is 502 g/mol. The van der Waals surface area contributed by atoms with Crippen molar-refractivity contribution in [2.75, 3.05) is 14.1 Å². The molecule has 0 unspecified atom stereocenters. The Balaban J connectivity index is 1.90. The van der Waals surface area contributed by atoms with Gasteiger partial charge in [0.2, 0.25) is 0 Å². The summed E-state index contributed by atoms with van der Waals surface area (Å²) in [5, 5.41) is 26.6. The van der Waals surface area contributed by atoms with Gasteiger partial charge < -0.3 is 20.4 Å². The Labute approximate surface area is 205 Å². The second-order valence-electron chi connectivity index (χ2n) is 8.06. The van der Waals surface area contributed by atoms with Crippen LogP contribution in [0.5, 0.6) is 0 Å². The van der Waals surface area contributed by atoms with Crippen LogP contribution >= 0.6 is 11.6 Å². The van der Waals surface area contributed by atoms with Crippen molar-refractivity contribution in [2.24, 2.45) is 0 Å². The van der Waals surface area contributed by atoms with Gasteiger partial charge in [-0.05, 0) is 35.7 Å². The Bertz CT molecular complexity index is 1230. The Kier molecular flexibility index (Phi) is 8.21. The number of aliphatic hydroxyl groups excluding tert-OH is 1. The number of rotatable bonds is 9. The standard InChI is InChI=1S/C24H24ClFN4O5/c1-29(2)23(33)20-12-19(28-30(20)13-14-7-9-16(26)10-8-14)22(32)27-18(21(31)24(34)35)11-15-5-3-4-6-17(15)25/h3-10,12,18,21,31H,11,13H2,1-2H3,(H,27,32)(H,34,35)/t18-,21-/m1/s1. The zero-order valence-electron chi connectivity index (χ0n) is 19.0. The van der Waals surface area contributed by atoms with Gasteiger partial charge in [-0.2, -0.15) is 5.10 Å². The quantitative estimate of drug-likeness (QED) is 0.412. The lowest BCUT2D eigenvalue weighted by molar-refractivity contribution is -0.148. The summed E-state index contributed by atoms with van der Waals surface area (Å²) in [6, 6.07) is 12.3. The fourth-order valence-electron chi connectivity index (χ4n) is 3.37. The number of nitrogens with one attached hydrogen (secondary N) is 1. The van der Waals surface area contributed by atoms with Gasteiger partial charge >= 0.3 is 5.97 Å². The van der Waals surface area contributed by atoms with Crippen molar-refractivity contribution in [3.05, 3.63) is 88.0 Å². The van der Waals surface area contributed by atoms with Crippen molar-refractivity contribution >= 4 is 29.4 Å². The lowest BCUT2D eigenvalue weighted by atomic mass is 10.0. The van der Waals surface area contributed by atoms with Gasteiger partial charge in [-0.1, -0.05) is 41.9 Å². The molecule has 35 heavy (non-hydrogen) atoms. The van der Waals surface area contributed by atoms with Crippen molar-refractivity contribution in [1.29, 1.82) is 0 Å². The predicted molar refractivity (Wildman–Crippen MR) is 126 cm³/mol. The van der Waals surface area contributed by atoms with Crippen molar-refractivity contribution in [3.63, 3.8) is 0 Å². The van der Waals surface area contributed by atoms with E-state index in [-0.39, 0.29) is 24.4 Å². The molecule has 1 heterocycles. The number of halogens is 2. The van der Waals surface area contributed by atoms with Gasteiger partial charge in [0.15, 0.2) is 11.8 Å². The molecular formula is C24H24ClFN4O5. The molecule has 0 fully saturated rings. The first-order chi connectivity index (χ1) is 16.6. The van der Waals surface area contributed by atoms with Crippen LogP contribution in [0.2, 0.25) is 5.02 Å². The maximum Gasteiger partial charge on any atom is 0.334 e. The van der Waals surface area contributed by atoms with E-state index in [2.05, 4.69) is 10.4 Å².